The number of hydrogen-bond donors (Lipinski definition) is 0. The number of benzene rings is 1. The van der Waals surface area contributed by atoms with E-state index in [0.29, 0.717) is 22.6 Å². The first-order chi connectivity index (χ1) is 7.78. The Morgan fingerprint density at radius 2 is 2.06 bits per heavy atom. The molecule has 0 N–H and O–H groups in total. The van der Waals surface area contributed by atoms with Crippen molar-refractivity contribution in [3.63, 3.8) is 0 Å². The van der Waals surface area contributed by atoms with Crippen LogP contribution in [0.5, 0.6) is 11.5 Å². The van der Waals surface area contributed by atoms with E-state index in [-0.39, 0.29) is 0 Å². The highest BCUT2D eigenvalue weighted by molar-refractivity contribution is 6.08. The first-order valence-corrected chi connectivity index (χ1v) is 4.77. The minimum atomic E-state index is 0.505. The summed E-state index contributed by atoms with van der Waals surface area (Å²) in [5.74, 6) is 1.14. The molecular weight excluding hydrogens is 204 g/mol. The molecule has 3 heteroatoms. The third-order valence-electron chi connectivity index (χ3n) is 2.14. The lowest BCUT2D eigenvalue weighted by Gasteiger charge is -2.11. The summed E-state index contributed by atoms with van der Waals surface area (Å²) in [4.78, 5) is 11.0. The standard InChI is InChI=1S/C13H14O3/c1-4-6-10(9-14)11-7-5-8-12(15-2)13(11)16-3/h4-9H,1H2,2-3H3/b10-6-. The second-order valence-electron chi connectivity index (χ2n) is 3.02. The third kappa shape index (κ3) is 2.31. The maximum atomic E-state index is 11.0. The van der Waals surface area contributed by atoms with Crippen molar-refractivity contribution in [1.82, 2.24) is 0 Å². The van der Waals surface area contributed by atoms with Gasteiger partial charge < -0.3 is 9.47 Å². The van der Waals surface area contributed by atoms with Gasteiger partial charge >= 0.3 is 0 Å². The van der Waals surface area contributed by atoms with Gasteiger partial charge in [0.2, 0.25) is 0 Å². The molecule has 84 valence electrons. The predicted octanol–water partition coefficient (Wildman–Crippen LogP) is 2.47. The Balaban J connectivity index is 3.37. The fourth-order valence-electron chi connectivity index (χ4n) is 1.43. The molecule has 0 amide bonds. The number of carbonyl (C=O) groups excluding carboxylic acids is 1. The summed E-state index contributed by atoms with van der Waals surface area (Å²) < 4.78 is 10.4. The number of hydrogen-bond acceptors (Lipinski definition) is 3. The maximum absolute atomic E-state index is 11.0. The average Bonchev–Trinajstić information content (AvgIpc) is 2.34. The molecule has 0 unspecified atom stereocenters. The first kappa shape index (κ1) is 12.0. The lowest BCUT2D eigenvalue weighted by atomic mass is 10.0. The van der Waals surface area contributed by atoms with E-state index in [1.54, 1.807) is 37.5 Å². The lowest BCUT2D eigenvalue weighted by Crippen LogP contribution is -1.96. The maximum Gasteiger partial charge on any atom is 0.168 e. The second kappa shape index (κ2) is 5.75. The van der Waals surface area contributed by atoms with Gasteiger partial charge in [-0.3, -0.25) is 4.79 Å². The lowest BCUT2D eigenvalue weighted by molar-refractivity contribution is -0.103. The zero-order valence-corrected chi connectivity index (χ0v) is 9.40. The van der Waals surface area contributed by atoms with Crippen LogP contribution in [0.3, 0.4) is 0 Å². The molecule has 0 atom stereocenters. The summed E-state index contributed by atoms with van der Waals surface area (Å²) in [6.07, 6.45) is 3.95. The van der Waals surface area contributed by atoms with Crippen molar-refractivity contribution < 1.29 is 14.3 Å². The van der Waals surface area contributed by atoms with Crippen molar-refractivity contribution in [2.75, 3.05) is 14.2 Å². The Hall–Kier alpha value is -2.03. The molecule has 0 aliphatic carbocycles. The minimum Gasteiger partial charge on any atom is -0.493 e. The Kier molecular flexibility index (Phi) is 4.33. The van der Waals surface area contributed by atoms with Crippen molar-refractivity contribution in [3.8, 4) is 11.5 Å². The molecule has 0 aromatic heterocycles. The van der Waals surface area contributed by atoms with Crippen LogP contribution < -0.4 is 9.47 Å². The fourth-order valence-corrected chi connectivity index (χ4v) is 1.43. The van der Waals surface area contributed by atoms with Gasteiger partial charge in [-0.25, -0.2) is 0 Å². The van der Waals surface area contributed by atoms with Gasteiger partial charge in [0.1, 0.15) is 0 Å². The summed E-state index contributed by atoms with van der Waals surface area (Å²) in [5.41, 5.74) is 1.20. The molecule has 0 aliphatic rings. The zero-order chi connectivity index (χ0) is 12.0. The quantitative estimate of drug-likeness (QED) is 0.432. The van der Waals surface area contributed by atoms with Crippen LogP contribution in [-0.4, -0.2) is 20.5 Å². The molecule has 0 heterocycles. The summed E-state index contributed by atoms with van der Waals surface area (Å²) in [6.45, 7) is 3.56. The van der Waals surface area contributed by atoms with Gasteiger partial charge in [0.25, 0.3) is 0 Å². The van der Waals surface area contributed by atoms with E-state index in [2.05, 4.69) is 6.58 Å². The van der Waals surface area contributed by atoms with E-state index in [1.165, 1.54) is 7.11 Å². The molecule has 1 aromatic rings. The monoisotopic (exact) mass is 218 g/mol. The van der Waals surface area contributed by atoms with E-state index < -0.39 is 0 Å². The van der Waals surface area contributed by atoms with Crippen molar-refractivity contribution in [1.29, 1.82) is 0 Å². The molecule has 0 spiro atoms. The largest absolute Gasteiger partial charge is 0.493 e. The van der Waals surface area contributed by atoms with Gasteiger partial charge in [0, 0.05) is 11.1 Å². The van der Waals surface area contributed by atoms with Crippen molar-refractivity contribution >= 4 is 11.9 Å². The Labute approximate surface area is 95.0 Å². The third-order valence-corrected chi connectivity index (χ3v) is 2.14. The van der Waals surface area contributed by atoms with Crippen molar-refractivity contribution in [2.45, 2.75) is 0 Å². The summed E-state index contributed by atoms with van der Waals surface area (Å²) in [7, 11) is 3.09. The zero-order valence-electron chi connectivity index (χ0n) is 9.40. The molecule has 0 fully saturated rings. The van der Waals surface area contributed by atoms with E-state index in [0.717, 1.165) is 6.29 Å². The molecule has 0 radical (unpaired) electrons. The number of para-hydroxylation sites is 1. The SMILES string of the molecule is C=C/C=C(/C=O)c1cccc(OC)c1OC. The molecule has 0 aliphatic heterocycles. The van der Waals surface area contributed by atoms with E-state index in [9.17, 15) is 4.79 Å². The molecular formula is C13H14O3. The average molecular weight is 218 g/mol. The van der Waals surface area contributed by atoms with E-state index >= 15 is 0 Å². The van der Waals surface area contributed by atoms with Gasteiger partial charge in [0.05, 0.1) is 14.2 Å². The Morgan fingerprint density at radius 1 is 1.31 bits per heavy atom. The van der Waals surface area contributed by atoms with Crippen molar-refractivity contribution in [2.24, 2.45) is 0 Å². The van der Waals surface area contributed by atoms with Gasteiger partial charge in [0.15, 0.2) is 17.8 Å². The van der Waals surface area contributed by atoms with Crippen LogP contribution in [0.15, 0.2) is 36.9 Å². The van der Waals surface area contributed by atoms with Gasteiger partial charge in [-0.15, -0.1) is 0 Å². The molecule has 1 aromatic carbocycles. The van der Waals surface area contributed by atoms with Gasteiger partial charge in [-0.1, -0.05) is 30.9 Å². The van der Waals surface area contributed by atoms with Crippen LogP contribution in [-0.2, 0) is 4.79 Å². The number of ether oxygens (including phenoxy) is 2. The van der Waals surface area contributed by atoms with Gasteiger partial charge in [-0.05, 0) is 6.07 Å². The highest BCUT2D eigenvalue weighted by Crippen LogP contribution is 2.34. The van der Waals surface area contributed by atoms with Crippen LogP contribution in [0.2, 0.25) is 0 Å². The van der Waals surface area contributed by atoms with Crippen LogP contribution in [0, 0.1) is 0 Å². The highest BCUT2D eigenvalue weighted by Gasteiger charge is 2.12. The van der Waals surface area contributed by atoms with Crippen LogP contribution >= 0.6 is 0 Å². The Morgan fingerprint density at radius 3 is 2.56 bits per heavy atom. The fraction of sp³-hybridized carbons (Fsp3) is 0.154. The summed E-state index contributed by atoms with van der Waals surface area (Å²) in [6, 6.07) is 5.38. The van der Waals surface area contributed by atoms with E-state index in [4.69, 9.17) is 9.47 Å². The second-order valence-corrected chi connectivity index (χ2v) is 3.02. The first-order valence-electron chi connectivity index (χ1n) is 4.77. The number of rotatable bonds is 5. The van der Waals surface area contributed by atoms with Crippen LogP contribution in [0.25, 0.3) is 5.57 Å². The number of allylic oxidation sites excluding steroid dienone is 3. The van der Waals surface area contributed by atoms with Gasteiger partial charge in [-0.2, -0.15) is 0 Å². The highest BCUT2D eigenvalue weighted by atomic mass is 16.5. The smallest absolute Gasteiger partial charge is 0.168 e. The number of aldehydes is 1. The number of carbonyl (C=O) groups is 1. The van der Waals surface area contributed by atoms with Crippen LogP contribution in [0.1, 0.15) is 5.56 Å². The normalized spacial score (nSPS) is 10.8. The van der Waals surface area contributed by atoms with E-state index in [1.807, 2.05) is 0 Å². The summed E-state index contributed by atoms with van der Waals surface area (Å²) >= 11 is 0. The minimum absolute atomic E-state index is 0.505. The summed E-state index contributed by atoms with van der Waals surface area (Å²) in [5, 5.41) is 0. The van der Waals surface area contributed by atoms with Crippen molar-refractivity contribution in [3.05, 3.63) is 42.5 Å². The Bertz CT molecular complexity index is 419. The predicted molar refractivity (Wildman–Crippen MR) is 63.8 cm³/mol. The molecule has 16 heavy (non-hydrogen) atoms. The molecule has 0 bridgehead atoms. The molecule has 0 saturated carbocycles. The number of methoxy groups -OCH3 is 2. The molecule has 3 nitrogen and oxygen atoms in total. The van der Waals surface area contributed by atoms with Crippen LogP contribution in [0.4, 0.5) is 0 Å². The topological polar surface area (TPSA) is 35.5 Å². The molecule has 0 saturated heterocycles. The molecule has 1 rings (SSSR count).